The fourth-order valence-corrected chi connectivity index (χ4v) is 5.59. The number of halogens is 5. The number of aromatic nitrogens is 2. The monoisotopic (exact) mass is 538 g/mol. The van der Waals surface area contributed by atoms with E-state index in [-0.39, 0.29) is 0 Å². The van der Waals surface area contributed by atoms with E-state index in [1.807, 2.05) is 18.2 Å². The number of piperazine rings is 1. The van der Waals surface area contributed by atoms with Gasteiger partial charge in [0.15, 0.2) is 0 Å². The van der Waals surface area contributed by atoms with Gasteiger partial charge in [0, 0.05) is 72.7 Å². The van der Waals surface area contributed by atoms with Gasteiger partial charge in [0.2, 0.25) is 0 Å². The lowest BCUT2D eigenvalue weighted by atomic mass is 10.0. The zero-order valence-electron chi connectivity index (χ0n) is 20.1. The summed E-state index contributed by atoms with van der Waals surface area (Å²) >= 11 is 13.5. The Balaban J connectivity index is 1.41. The van der Waals surface area contributed by atoms with Crippen molar-refractivity contribution >= 4 is 39.8 Å². The third-order valence-corrected chi connectivity index (χ3v) is 8.09. The van der Waals surface area contributed by atoms with Gasteiger partial charge in [-0.2, -0.15) is 13.2 Å². The van der Waals surface area contributed by atoms with Crippen LogP contribution in [0.3, 0.4) is 0 Å². The molecule has 1 aromatic carbocycles. The van der Waals surface area contributed by atoms with Crippen LogP contribution < -0.4 is 0 Å². The summed E-state index contributed by atoms with van der Waals surface area (Å²) in [6, 6.07) is 7.15. The van der Waals surface area contributed by atoms with Crippen LogP contribution in [0.25, 0.3) is 16.6 Å². The molecule has 5 rings (SSSR count). The van der Waals surface area contributed by atoms with Gasteiger partial charge in [-0.15, -0.1) is 0 Å². The molecule has 4 heterocycles. The summed E-state index contributed by atoms with van der Waals surface area (Å²) in [6.45, 7) is 11.1. The molecule has 0 N–H and O–H groups in total. The number of alkyl halides is 3. The van der Waals surface area contributed by atoms with Gasteiger partial charge >= 0.3 is 6.18 Å². The standard InChI is InChI=1S/C26H27Cl2F3N4O/c1-15-20-10-17(33(3)23(20)12-24(32-15)26(29,30)31)11-21-22(27)5-4-19(25(21)28)16(2)34-6-8-35(9-7-34)18-13-36-14-18/h4-5,10,12,18H,2,6-9,11,13-14H2,1,3H3. The highest BCUT2D eigenvalue weighted by Gasteiger charge is 2.34. The van der Waals surface area contributed by atoms with Crippen molar-refractivity contribution in [1.29, 1.82) is 0 Å². The molecular formula is C26H27Cl2F3N4O. The Kier molecular flexibility index (Phi) is 6.74. The number of hydrogen-bond donors (Lipinski definition) is 0. The number of benzene rings is 1. The number of pyridine rings is 1. The van der Waals surface area contributed by atoms with Crippen LogP contribution >= 0.6 is 23.2 Å². The second kappa shape index (κ2) is 9.56. The molecule has 0 aliphatic carbocycles. The summed E-state index contributed by atoms with van der Waals surface area (Å²) in [5, 5.41) is 1.68. The molecule has 2 saturated heterocycles. The van der Waals surface area contributed by atoms with E-state index in [0.717, 1.165) is 68.0 Å². The molecule has 3 aromatic rings. The molecule has 0 amide bonds. The lowest BCUT2D eigenvalue weighted by molar-refractivity contribution is -0.141. The Morgan fingerprint density at radius 3 is 2.44 bits per heavy atom. The molecule has 2 fully saturated rings. The highest BCUT2D eigenvalue weighted by molar-refractivity contribution is 6.37. The van der Waals surface area contributed by atoms with Gasteiger partial charge in [-0.05, 0) is 36.8 Å². The van der Waals surface area contributed by atoms with Gasteiger partial charge in [-0.3, -0.25) is 4.90 Å². The largest absolute Gasteiger partial charge is 0.433 e. The summed E-state index contributed by atoms with van der Waals surface area (Å²) < 4.78 is 47.0. The van der Waals surface area contributed by atoms with E-state index in [4.69, 9.17) is 27.9 Å². The molecule has 0 atom stereocenters. The first kappa shape index (κ1) is 25.4. The van der Waals surface area contributed by atoms with Crippen LogP contribution in [0.15, 0.2) is 30.8 Å². The first-order valence-electron chi connectivity index (χ1n) is 11.8. The SMILES string of the molecule is C=C(c1ccc(Cl)c(Cc2cc3c(C)nc(C(F)(F)F)cc3n2C)c1Cl)N1CCN(C2COC2)CC1. The smallest absolute Gasteiger partial charge is 0.378 e. The Hall–Kier alpha value is -2.26. The molecule has 0 radical (unpaired) electrons. The lowest BCUT2D eigenvalue weighted by Gasteiger charge is -2.43. The average Bonchev–Trinajstić information content (AvgIpc) is 3.11. The highest BCUT2D eigenvalue weighted by atomic mass is 35.5. The van der Waals surface area contributed by atoms with E-state index >= 15 is 0 Å². The van der Waals surface area contributed by atoms with Crippen molar-refractivity contribution in [3.63, 3.8) is 0 Å². The number of hydrogen-bond acceptors (Lipinski definition) is 4. The normalized spacial score (nSPS) is 17.6. The number of fused-ring (bicyclic) bond motifs is 1. The van der Waals surface area contributed by atoms with Crippen LogP contribution in [0.2, 0.25) is 10.0 Å². The minimum absolute atomic E-state index is 0.327. The minimum atomic E-state index is -4.51. The van der Waals surface area contributed by atoms with Gasteiger partial charge < -0.3 is 14.2 Å². The first-order chi connectivity index (χ1) is 17.0. The summed E-state index contributed by atoms with van der Waals surface area (Å²) in [7, 11) is 1.74. The van der Waals surface area contributed by atoms with E-state index in [2.05, 4.69) is 21.4 Å². The van der Waals surface area contributed by atoms with Crippen molar-refractivity contribution < 1.29 is 17.9 Å². The van der Waals surface area contributed by atoms with Crippen molar-refractivity contribution in [1.82, 2.24) is 19.4 Å². The molecule has 10 heteroatoms. The maximum Gasteiger partial charge on any atom is 0.433 e. The van der Waals surface area contributed by atoms with E-state index in [1.165, 1.54) is 0 Å². The van der Waals surface area contributed by atoms with Crippen molar-refractivity contribution in [2.24, 2.45) is 7.05 Å². The van der Waals surface area contributed by atoms with Gasteiger partial charge in [0.25, 0.3) is 0 Å². The molecule has 0 bridgehead atoms. The fraction of sp³-hybridized carbons (Fsp3) is 0.423. The summed E-state index contributed by atoms with van der Waals surface area (Å²) in [5.74, 6) is 0. The molecule has 0 saturated carbocycles. The van der Waals surface area contributed by atoms with Crippen molar-refractivity contribution in [2.45, 2.75) is 25.6 Å². The van der Waals surface area contributed by atoms with Crippen LogP contribution in [0.1, 0.15) is 28.2 Å². The number of ether oxygens (including phenoxy) is 1. The summed E-state index contributed by atoms with van der Waals surface area (Å²) in [4.78, 5) is 8.45. The van der Waals surface area contributed by atoms with Crippen molar-refractivity contribution in [3.05, 3.63) is 69.1 Å². The van der Waals surface area contributed by atoms with Gasteiger partial charge in [-0.1, -0.05) is 29.8 Å². The van der Waals surface area contributed by atoms with Crippen LogP contribution in [0.5, 0.6) is 0 Å². The Labute approximate surface area is 218 Å². The van der Waals surface area contributed by atoms with Gasteiger partial charge in [0.05, 0.1) is 29.8 Å². The van der Waals surface area contributed by atoms with E-state index in [1.54, 1.807) is 18.5 Å². The van der Waals surface area contributed by atoms with E-state index < -0.39 is 11.9 Å². The van der Waals surface area contributed by atoms with Gasteiger partial charge in [-0.25, -0.2) is 4.98 Å². The fourth-order valence-electron chi connectivity index (χ4n) is 4.98. The zero-order valence-corrected chi connectivity index (χ0v) is 21.6. The third-order valence-electron chi connectivity index (χ3n) is 7.31. The number of rotatable bonds is 5. The quantitative estimate of drug-likeness (QED) is 0.412. The van der Waals surface area contributed by atoms with Crippen LogP contribution in [0, 0.1) is 6.92 Å². The van der Waals surface area contributed by atoms with Crippen molar-refractivity contribution in [3.8, 4) is 0 Å². The molecule has 36 heavy (non-hydrogen) atoms. The van der Waals surface area contributed by atoms with E-state index in [0.29, 0.717) is 39.1 Å². The van der Waals surface area contributed by atoms with Crippen LogP contribution in [-0.4, -0.2) is 64.8 Å². The summed E-state index contributed by atoms with van der Waals surface area (Å²) in [5.41, 5.74) is 3.05. The second-order valence-electron chi connectivity index (χ2n) is 9.44. The summed E-state index contributed by atoms with van der Waals surface area (Å²) in [6.07, 6.45) is -4.15. The topological polar surface area (TPSA) is 33.5 Å². The average molecular weight is 539 g/mol. The zero-order chi connectivity index (χ0) is 25.8. The Bertz CT molecular complexity index is 1330. The lowest BCUT2D eigenvalue weighted by Crippen LogP contribution is -2.56. The molecule has 2 aromatic heterocycles. The second-order valence-corrected chi connectivity index (χ2v) is 10.2. The van der Waals surface area contributed by atoms with Crippen molar-refractivity contribution in [2.75, 3.05) is 39.4 Å². The minimum Gasteiger partial charge on any atom is -0.378 e. The number of nitrogens with zero attached hydrogens (tertiary/aromatic N) is 4. The van der Waals surface area contributed by atoms with Crippen LogP contribution in [-0.2, 0) is 24.4 Å². The molecule has 192 valence electrons. The third kappa shape index (κ3) is 4.60. The predicted octanol–water partition coefficient (Wildman–Crippen LogP) is 5.79. The van der Waals surface area contributed by atoms with Gasteiger partial charge in [0.1, 0.15) is 5.69 Å². The predicted molar refractivity (Wildman–Crippen MR) is 137 cm³/mol. The molecule has 0 spiro atoms. The maximum atomic E-state index is 13.3. The molecule has 2 aliphatic heterocycles. The molecular weight excluding hydrogens is 512 g/mol. The molecule has 2 aliphatic rings. The molecule has 5 nitrogen and oxygen atoms in total. The maximum absolute atomic E-state index is 13.3. The van der Waals surface area contributed by atoms with Crippen LogP contribution in [0.4, 0.5) is 13.2 Å². The highest BCUT2D eigenvalue weighted by Crippen LogP contribution is 2.37. The number of aryl methyl sites for hydroxylation is 2. The Morgan fingerprint density at radius 1 is 1.14 bits per heavy atom. The molecule has 0 unspecified atom stereocenters. The van der Waals surface area contributed by atoms with E-state index in [9.17, 15) is 13.2 Å². The Morgan fingerprint density at radius 2 is 1.83 bits per heavy atom. The first-order valence-corrected chi connectivity index (χ1v) is 12.6.